The molecule has 2 nitrogen and oxygen atoms in total. The van der Waals surface area contributed by atoms with E-state index in [4.69, 9.17) is 0 Å². The molecule has 0 radical (unpaired) electrons. The minimum atomic E-state index is -0.346. The zero-order valence-electron chi connectivity index (χ0n) is 10.1. The number of anilines is 1. The number of benzene rings is 1. The molecule has 0 fully saturated rings. The highest BCUT2D eigenvalue weighted by Gasteiger charge is 2.10. The molecule has 0 unspecified atom stereocenters. The van der Waals surface area contributed by atoms with E-state index in [1.807, 2.05) is 12.3 Å². The fourth-order valence-electron chi connectivity index (χ4n) is 1.51. The third-order valence-electron chi connectivity index (χ3n) is 2.23. The van der Waals surface area contributed by atoms with Crippen LogP contribution in [0.3, 0.4) is 0 Å². The zero-order valence-corrected chi connectivity index (χ0v) is 13.3. The molecule has 6 heteroatoms. The monoisotopic (exact) mass is 359 g/mol. The number of thioether (sulfide) groups is 1. The van der Waals surface area contributed by atoms with Gasteiger partial charge in [0.25, 0.3) is 5.91 Å². The molecule has 0 saturated carbocycles. The zero-order chi connectivity index (χ0) is 13.8. The third kappa shape index (κ3) is 4.06. The number of nitrogens with one attached hydrogen (secondary N) is 1. The number of halogens is 2. The van der Waals surface area contributed by atoms with Crippen molar-refractivity contribution in [3.8, 4) is 0 Å². The lowest BCUT2D eigenvalue weighted by molar-refractivity contribution is 0.103. The summed E-state index contributed by atoms with van der Waals surface area (Å²) in [7, 11) is 0. The molecule has 2 aromatic rings. The summed E-state index contributed by atoms with van der Waals surface area (Å²) in [5, 5.41) is 4.54. The SMILES string of the molecule is CCSc1cc(F)cc(NC(=O)c2cc(Br)cs2)c1. The van der Waals surface area contributed by atoms with Crippen molar-refractivity contribution in [2.24, 2.45) is 0 Å². The van der Waals surface area contributed by atoms with Gasteiger partial charge in [-0.15, -0.1) is 23.1 Å². The summed E-state index contributed by atoms with van der Waals surface area (Å²) in [5.41, 5.74) is 0.477. The molecular weight excluding hydrogens is 349 g/mol. The Morgan fingerprint density at radius 3 is 2.84 bits per heavy atom. The second kappa shape index (κ2) is 6.54. The van der Waals surface area contributed by atoms with Crippen molar-refractivity contribution >= 4 is 50.6 Å². The van der Waals surface area contributed by atoms with Gasteiger partial charge in [-0.3, -0.25) is 4.79 Å². The van der Waals surface area contributed by atoms with Crippen LogP contribution in [-0.2, 0) is 0 Å². The second-order valence-corrected chi connectivity index (χ2v) is 6.86. The van der Waals surface area contributed by atoms with Gasteiger partial charge in [0.1, 0.15) is 5.82 Å². The molecule has 1 amide bonds. The first kappa shape index (κ1) is 14.6. The summed E-state index contributed by atoms with van der Waals surface area (Å²) in [6, 6.07) is 6.30. The summed E-state index contributed by atoms with van der Waals surface area (Å²) in [4.78, 5) is 13.4. The Morgan fingerprint density at radius 2 is 2.21 bits per heavy atom. The van der Waals surface area contributed by atoms with Crippen LogP contribution in [0, 0.1) is 5.82 Å². The normalized spacial score (nSPS) is 10.5. The van der Waals surface area contributed by atoms with Crippen LogP contribution in [0.2, 0.25) is 0 Å². The highest BCUT2D eigenvalue weighted by molar-refractivity contribution is 9.10. The van der Waals surface area contributed by atoms with Gasteiger partial charge in [-0.2, -0.15) is 0 Å². The van der Waals surface area contributed by atoms with Crippen molar-refractivity contribution in [1.29, 1.82) is 0 Å². The molecule has 0 spiro atoms. The minimum absolute atomic E-state index is 0.228. The molecule has 19 heavy (non-hydrogen) atoms. The molecule has 1 aromatic heterocycles. The maximum absolute atomic E-state index is 13.4. The second-order valence-electron chi connectivity index (χ2n) is 3.69. The van der Waals surface area contributed by atoms with Gasteiger partial charge in [0.15, 0.2) is 0 Å². The number of carbonyl (C=O) groups is 1. The molecular formula is C13H11BrFNOS2. The van der Waals surface area contributed by atoms with E-state index in [0.29, 0.717) is 10.6 Å². The van der Waals surface area contributed by atoms with Crippen LogP contribution in [0.25, 0.3) is 0 Å². The number of amides is 1. The highest BCUT2D eigenvalue weighted by atomic mass is 79.9. The Labute approximate surface area is 127 Å². The molecule has 1 N–H and O–H groups in total. The van der Waals surface area contributed by atoms with E-state index >= 15 is 0 Å². The molecule has 0 aliphatic carbocycles. The van der Waals surface area contributed by atoms with Crippen molar-refractivity contribution in [3.05, 3.63) is 44.8 Å². The van der Waals surface area contributed by atoms with Gasteiger partial charge < -0.3 is 5.32 Å². The topological polar surface area (TPSA) is 29.1 Å². The van der Waals surface area contributed by atoms with Crippen molar-refractivity contribution in [2.45, 2.75) is 11.8 Å². The Kier molecular flexibility index (Phi) is 5.01. The molecule has 0 bridgehead atoms. The number of hydrogen-bond acceptors (Lipinski definition) is 3. The number of thiophene rings is 1. The highest BCUT2D eigenvalue weighted by Crippen LogP contribution is 2.25. The van der Waals surface area contributed by atoms with Gasteiger partial charge in [-0.05, 0) is 45.9 Å². The van der Waals surface area contributed by atoms with Gasteiger partial charge in [0, 0.05) is 20.4 Å². The van der Waals surface area contributed by atoms with Gasteiger partial charge in [0.2, 0.25) is 0 Å². The summed E-state index contributed by atoms with van der Waals surface area (Å²) in [6.45, 7) is 2.00. The first-order chi connectivity index (χ1) is 9.08. The van der Waals surface area contributed by atoms with E-state index < -0.39 is 0 Å². The summed E-state index contributed by atoms with van der Waals surface area (Å²) in [6.07, 6.45) is 0. The Balaban J connectivity index is 2.16. The fourth-order valence-corrected chi connectivity index (χ4v) is 3.57. The van der Waals surface area contributed by atoms with Gasteiger partial charge in [-0.25, -0.2) is 4.39 Å². The average molecular weight is 360 g/mol. The van der Waals surface area contributed by atoms with Gasteiger partial charge >= 0.3 is 0 Å². The first-order valence-corrected chi connectivity index (χ1v) is 8.23. The van der Waals surface area contributed by atoms with E-state index in [2.05, 4.69) is 21.2 Å². The van der Waals surface area contributed by atoms with E-state index in [1.165, 1.54) is 35.2 Å². The Hall–Kier alpha value is -0.850. The Morgan fingerprint density at radius 1 is 1.42 bits per heavy atom. The molecule has 0 aliphatic heterocycles. The van der Waals surface area contributed by atoms with Crippen LogP contribution >= 0.6 is 39.0 Å². The van der Waals surface area contributed by atoms with E-state index in [0.717, 1.165) is 15.1 Å². The molecule has 2 rings (SSSR count). The maximum Gasteiger partial charge on any atom is 0.265 e. The third-order valence-corrected chi connectivity index (χ3v) is 4.78. The van der Waals surface area contributed by atoms with Crippen LogP contribution in [-0.4, -0.2) is 11.7 Å². The van der Waals surface area contributed by atoms with Crippen LogP contribution in [0.4, 0.5) is 10.1 Å². The van der Waals surface area contributed by atoms with Crippen molar-refractivity contribution in [2.75, 3.05) is 11.1 Å². The van der Waals surface area contributed by atoms with Gasteiger partial charge in [-0.1, -0.05) is 6.92 Å². The predicted molar refractivity (Wildman–Crippen MR) is 82.8 cm³/mol. The standard InChI is InChI=1S/C13H11BrFNOS2/c1-2-18-11-5-9(15)4-10(6-11)16-13(17)12-3-8(14)7-19-12/h3-7H,2H2,1H3,(H,16,17). The summed E-state index contributed by atoms with van der Waals surface area (Å²) in [5.74, 6) is 0.282. The van der Waals surface area contributed by atoms with E-state index in [1.54, 1.807) is 12.1 Å². The van der Waals surface area contributed by atoms with Crippen LogP contribution in [0.5, 0.6) is 0 Å². The van der Waals surface area contributed by atoms with Crippen molar-refractivity contribution in [3.63, 3.8) is 0 Å². The molecule has 0 saturated heterocycles. The molecule has 100 valence electrons. The largest absolute Gasteiger partial charge is 0.321 e. The molecule has 0 aliphatic rings. The number of carbonyl (C=O) groups excluding carboxylic acids is 1. The van der Waals surface area contributed by atoms with Gasteiger partial charge in [0.05, 0.1) is 4.88 Å². The molecule has 0 atom stereocenters. The smallest absolute Gasteiger partial charge is 0.265 e. The predicted octanol–water partition coefficient (Wildman–Crippen LogP) is 5.01. The molecule has 1 heterocycles. The number of hydrogen-bond donors (Lipinski definition) is 1. The average Bonchev–Trinajstić information content (AvgIpc) is 2.75. The van der Waals surface area contributed by atoms with Crippen LogP contribution < -0.4 is 5.32 Å². The number of rotatable bonds is 4. The van der Waals surface area contributed by atoms with E-state index in [9.17, 15) is 9.18 Å². The minimum Gasteiger partial charge on any atom is -0.321 e. The quantitative estimate of drug-likeness (QED) is 0.777. The van der Waals surface area contributed by atoms with Crippen LogP contribution in [0.15, 0.2) is 39.0 Å². The lowest BCUT2D eigenvalue weighted by atomic mass is 10.3. The fraction of sp³-hybridized carbons (Fsp3) is 0.154. The van der Waals surface area contributed by atoms with Crippen molar-refractivity contribution < 1.29 is 9.18 Å². The maximum atomic E-state index is 13.4. The lowest BCUT2D eigenvalue weighted by Gasteiger charge is -2.06. The van der Waals surface area contributed by atoms with E-state index in [-0.39, 0.29) is 11.7 Å². The Bertz CT molecular complexity index is 600. The lowest BCUT2D eigenvalue weighted by Crippen LogP contribution is -2.10. The summed E-state index contributed by atoms with van der Waals surface area (Å²) < 4.78 is 14.3. The van der Waals surface area contributed by atoms with Crippen LogP contribution in [0.1, 0.15) is 16.6 Å². The molecule has 1 aromatic carbocycles. The summed E-state index contributed by atoms with van der Waals surface area (Å²) >= 11 is 6.17. The first-order valence-electron chi connectivity index (χ1n) is 5.57. The van der Waals surface area contributed by atoms with Crippen molar-refractivity contribution in [1.82, 2.24) is 0 Å².